The summed E-state index contributed by atoms with van der Waals surface area (Å²) in [7, 11) is -1.67. The van der Waals surface area contributed by atoms with Crippen molar-refractivity contribution in [3.63, 3.8) is 0 Å². The van der Waals surface area contributed by atoms with Crippen LogP contribution in [0.25, 0.3) is 0 Å². The maximum absolute atomic E-state index is 12.3. The monoisotopic (exact) mass is 336 g/mol. The first-order chi connectivity index (χ1) is 11.0. The zero-order valence-electron chi connectivity index (χ0n) is 12.9. The van der Waals surface area contributed by atoms with Crippen molar-refractivity contribution < 1.29 is 8.42 Å². The highest BCUT2D eigenvalue weighted by Gasteiger charge is 2.22. The van der Waals surface area contributed by atoms with E-state index in [1.54, 1.807) is 36.0 Å². The molecule has 23 heavy (non-hydrogen) atoms. The largest absolute Gasteiger partial charge is 0.378 e. The van der Waals surface area contributed by atoms with E-state index >= 15 is 0 Å². The predicted molar refractivity (Wildman–Crippen MR) is 85.1 cm³/mol. The van der Waals surface area contributed by atoms with Gasteiger partial charge in [-0.1, -0.05) is 12.8 Å². The SMILES string of the molecule is Cn1nnnc1CNc1ccc(S(=O)(=O)NC2CCCC2)cc1. The van der Waals surface area contributed by atoms with Crippen LogP contribution in [0.1, 0.15) is 31.5 Å². The number of sulfonamides is 1. The summed E-state index contributed by atoms with van der Waals surface area (Å²) in [5.41, 5.74) is 0.813. The number of hydrogen-bond acceptors (Lipinski definition) is 6. The summed E-state index contributed by atoms with van der Waals surface area (Å²) >= 11 is 0. The lowest BCUT2D eigenvalue weighted by molar-refractivity contribution is 0.552. The normalized spacial score (nSPS) is 15.9. The summed E-state index contributed by atoms with van der Waals surface area (Å²) in [6, 6.07) is 6.77. The maximum atomic E-state index is 12.3. The molecular weight excluding hydrogens is 316 g/mol. The van der Waals surface area contributed by atoms with Crippen molar-refractivity contribution in [2.45, 2.75) is 43.2 Å². The van der Waals surface area contributed by atoms with Crippen molar-refractivity contribution in [1.82, 2.24) is 24.9 Å². The summed E-state index contributed by atoms with van der Waals surface area (Å²) in [6.45, 7) is 0.468. The van der Waals surface area contributed by atoms with E-state index in [1.165, 1.54) is 0 Å². The first-order valence-electron chi connectivity index (χ1n) is 7.62. The molecule has 0 amide bonds. The lowest BCUT2D eigenvalue weighted by Crippen LogP contribution is -2.32. The Bertz CT molecular complexity index is 750. The lowest BCUT2D eigenvalue weighted by Gasteiger charge is -2.13. The van der Waals surface area contributed by atoms with E-state index in [0.29, 0.717) is 12.4 Å². The minimum absolute atomic E-state index is 0.0706. The minimum atomic E-state index is -3.44. The Labute approximate surface area is 135 Å². The minimum Gasteiger partial charge on any atom is -0.378 e. The molecule has 8 nitrogen and oxygen atoms in total. The van der Waals surface area contributed by atoms with Gasteiger partial charge in [0, 0.05) is 18.8 Å². The second kappa shape index (κ2) is 6.63. The Balaban J connectivity index is 1.63. The first kappa shape index (κ1) is 15.9. The summed E-state index contributed by atoms with van der Waals surface area (Å²) in [4.78, 5) is 0.287. The van der Waals surface area contributed by atoms with E-state index in [4.69, 9.17) is 0 Å². The lowest BCUT2D eigenvalue weighted by atomic mass is 10.3. The van der Waals surface area contributed by atoms with Gasteiger partial charge >= 0.3 is 0 Å². The van der Waals surface area contributed by atoms with E-state index in [2.05, 4.69) is 25.6 Å². The van der Waals surface area contributed by atoms with Crippen molar-refractivity contribution in [2.24, 2.45) is 7.05 Å². The molecule has 1 aromatic carbocycles. The standard InChI is InChI=1S/C14H20N6O2S/c1-20-14(16-18-19-20)10-15-11-6-8-13(9-7-11)23(21,22)17-12-4-2-3-5-12/h6-9,12,15,17H,2-5,10H2,1H3. The zero-order valence-corrected chi connectivity index (χ0v) is 13.8. The predicted octanol–water partition coefficient (Wildman–Crippen LogP) is 1.04. The number of rotatable bonds is 6. The smallest absolute Gasteiger partial charge is 0.240 e. The molecule has 9 heteroatoms. The average Bonchev–Trinajstić information content (AvgIpc) is 3.17. The molecule has 1 heterocycles. The third kappa shape index (κ3) is 3.85. The van der Waals surface area contributed by atoms with Crippen molar-refractivity contribution >= 4 is 15.7 Å². The van der Waals surface area contributed by atoms with Gasteiger partial charge in [0.2, 0.25) is 10.0 Å². The first-order valence-corrected chi connectivity index (χ1v) is 9.10. The molecule has 0 aliphatic heterocycles. The second-order valence-electron chi connectivity index (χ2n) is 5.70. The Morgan fingerprint density at radius 3 is 2.52 bits per heavy atom. The number of nitrogens with zero attached hydrogens (tertiary/aromatic N) is 4. The van der Waals surface area contributed by atoms with Gasteiger partial charge in [-0.3, -0.25) is 0 Å². The van der Waals surface area contributed by atoms with Gasteiger partial charge in [-0.05, 0) is 47.5 Å². The van der Waals surface area contributed by atoms with E-state index in [9.17, 15) is 8.42 Å². The molecule has 1 saturated carbocycles. The van der Waals surface area contributed by atoms with Gasteiger partial charge in [-0.25, -0.2) is 17.8 Å². The van der Waals surface area contributed by atoms with Crippen LogP contribution >= 0.6 is 0 Å². The fourth-order valence-electron chi connectivity index (χ4n) is 2.66. The van der Waals surface area contributed by atoms with Crippen LogP contribution in [0, 0.1) is 0 Å². The summed E-state index contributed by atoms with van der Waals surface area (Å²) in [5, 5.41) is 14.4. The Morgan fingerprint density at radius 1 is 1.22 bits per heavy atom. The molecule has 3 rings (SSSR count). The van der Waals surface area contributed by atoms with Crippen LogP contribution in [0.2, 0.25) is 0 Å². The molecule has 2 N–H and O–H groups in total. The molecule has 0 saturated heterocycles. The number of nitrogens with one attached hydrogen (secondary N) is 2. The quantitative estimate of drug-likeness (QED) is 0.817. The highest BCUT2D eigenvalue weighted by molar-refractivity contribution is 7.89. The van der Waals surface area contributed by atoms with Crippen LogP contribution in [0.3, 0.4) is 0 Å². The van der Waals surface area contributed by atoms with E-state index < -0.39 is 10.0 Å². The molecule has 0 atom stereocenters. The highest BCUT2D eigenvalue weighted by Crippen LogP contribution is 2.21. The van der Waals surface area contributed by atoms with Crippen molar-refractivity contribution in [2.75, 3.05) is 5.32 Å². The van der Waals surface area contributed by atoms with Crippen molar-refractivity contribution in [3.8, 4) is 0 Å². The van der Waals surface area contributed by atoms with E-state index in [-0.39, 0.29) is 10.9 Å². The summed E-state index contributed by atoms with van der Waals surface area (Å²) in [5.74, 6) is 0.699. The molecule has 0 radical (unpaired) electrons. The van der Waals surface area contributed by atoms with Crippen LogP contribution in [0.15, 0.2) is 29.2 Å². The van der Waals surface area contributed by atoms with Crippen LogP contribution in [0.5, 0.6) is 0 Å². The Kier molecular flexibility index (Phi) is 4.58. The molecule has 1 aliphatic rings. The average molecular weight is 336 g/mol. The maximum Gasteiger partial charge on any atom is 0.240 e. The third-order valence-corrected chi connectivity index (χ3v) is 5.54. The number of tetrazole rings is 1. The molecule has 1 aliphatic carbocycles. The summed E-state index contributed by atoms with van der Waals surface area (Å²) < 4.78 is 29.0. The molecule has 1 aromatic heterocycles. The van der Waals surface area contributed by atoms with Crippen LogP contribution < -0.4 is 10.0 Å². The third-order valence-electron chi connectivity index (χ3n) is 4.00. The second-order valence-corrected chi connectivity index (χ2v) is 7.41. The number of aryl methyl sites for hydroxylation is 1. The molecule has 0 bridgehead atoms. The van der Waals surface area contributed by atoms with Gasteiger partial charge in [0.25, 0.3) is 0 Å². The van der Waals surface area contributed by atoms with Gasteiger partial charge < -0.3 is 5.32 Å². The number of anilines is 1. The van der Waals surface area contributed by atoms with E-state index in [1.807, 2.05) is 0 Å². The van der Waals surface area contributed by atoms with Gasteiger partial charge in [0.15, 0.2) is 5.82 Å². The molecule has 2 aromatic rings. The Hall–Kier alpha value is -2.00. The fraction of sp³-hybridized carbons (Fsp3) is 0.500. The van der Waals surface area contributed by atoms with Gasteiger partial charge in [-0.15, -0.1) is 5.10 Å². The topological polar surface area (TPSA) is 102 Å². The van der Waals surface area contributed by atoms with Gasteiger partial charge in [0.1, 0.15) is 0 Å². The van der Waals surface area contributed by atoms with Crippen molar-refractivity contribution in [1.29, 1.82) is 0 Å². The molecule has 0 unspecified atom stereocenters. The van der Waals surface area contributed by atoms with Gasteiger partial charge in [-0.2, -0.15) is 0 Å². The van der Waals surface area contributed by atoms with Crippen LogP contribution in [-0.4, -0.2) is 34.7 Å². The highest BCUT2D eigenvalue weighted by atomic mass is 32.2. The van der Waals surface area contributed by atoms with Crippen LogP contribution in [-0.2, 0) is 23.6 Å². The van der Waals surface area contributed by atoms with Crippen LogP contribution in [0.4, 0.5) is 5.69 Å². The number of aromatic nitrogens is 4. The molecule has 124 valence electrons. The molecule has 0 spiro atoms. The van der Waals surface area contributed by atoms with Gasteiger partial charge in [0.05, 0.1) is 11.4 Å². The van der Waals surface area contributed by atoms with E-state index in [0.717, 1.165) is 31.4 Å². The van der Waals surface area contributed by atoms with Crippen molar-refractivity contribution in [3.05, 3.63) is 30.1 Å². The molecule has 1 fully saturated rings. The zero-order chi connectivity index (χ0) is 16.3. The number of benzene rings is 1. The fourth-order valence-corrected chi connectivity index (χ4v) is 3.97. The Morgan fingerprint density at radius 2 is 1.91 bits per heavy atom. The summed E-state index contributed by atoms with van der Waals surface area (Å²) in [6.07, 6.45) is 4.02. The molecular formula is C14H20N6O2S. The number of hydrogen-bond donors (Lipinski definition) is 2.